The van der Waals surface area contributed by atoms with Gasteiger partial charge in [0.25, 0.3) is 0 Å². The second-order valence-corrected chi connectivity index (χ2v) is 5.83. The highest BCUT2D eigenvalue weighted by molar-refractivity contribution is 5.85. The highest BCUT2D eigenvalue weighted by Crippen LogP contribution is 2.28. The molecule has 0 radical (unpaired) electrons. The number of hydrogen-bond acceptors (Lipinski definition) is 3. The van der Waals surface area contributed by atoms with E-state index < -0.39 is 0 Å². The Balaban J connectivity index is 4.96. The molecule has 0 spiro atoms. The molecule has 0 bridgehead atoms. The van der Waals surface area contributed by atoms with E-state index in [1.807, 2.05) is 0 Å². The van der Waals surface area contributed by atoms with E-state index >= 15 is 0 Å². The van der Waals surface area contributed by atoms with Crippen LogP contribution < -0.4 is 0 Å². The zero-order chi connectivity index (χ0) is 14.3. The summed E-state index contributed by atoms with van der Waals surface area (Å²) in [5.41, 5.74) is 0. The van der Waals surface area contributed by atoms with Crippen molar-refractivity contribution in [1.82, 2.24) is 0 Å². The van der Waals surface area contributed by atoms with Crippen molar-refractivity contribution < 1.29 is 14.3 Å². The van der Waals surface area contributed by atoms with Gasteiger partial charge < -0.3 is 4.74 Å². The van der Waals surface area contributed by atoms with Crippen molar-refractivity contribution in [3.63, 3.8) is 0 Å². The number of hydrogen-bond donors (Lipinski definition) is 0. The number of ether oxygens (including phenoxy) is 1. The molecule has 0 N–H and O–H groups in total. The molecule has 0 amide bonds. The van der Waals surface area contributed by atoms with Crippen LogP contribution in [0, 0.1) is 23.7 Å². The first-order chi connectivity index (χ1) is 8.29. The summed E-state index contributed by atoms with van der Waals surface area (Å²) in [4.78, 5) is 23.8. The molecule has 0 saturated heterocycles. The van der Waals surface area contributed by atoms with Crippen LogP contribution in [-0.2, 0) is 14.3 Å². The van der Waals surface area contributed by atoms with Gasteiger partial charge in [-0.1, -0.05) is 27.7 Å². The van der Waals surface area contributed by atoms with Gasteiger partial charge in [-0.25, -0.2) is 0 Å². The largest absolute Gasteiger partial charge is 0.466 e. The Bertz CT molecular complexity index is 269. The number of rotatable bonds is 8. The van der Waals surface area contributed by atoms with Crippen LogP contribution in [0.25, 0.3) is 0 Å². The fraction of sp³-hybridized carbons (Fsp3) is 0.867. The molecule has 106 valence electrons. The third kappa shape index (κ3) is 6.18. The minimum atomic E-state index is -0.287. The Hall–Kier alpha value is -0.860. The first-order valence-electron chi connectivity index (χ1n) is 6.96. The van der Waals surface area contributed by atoms with Gasteiger partial charge in [-0.15, -0.1) is 0 Å². The van der Waals surface area contributed by atoms with Crippen molar-refractivity contribution in [2.24, 2.45) is 23.7 Å². The lowest BCUT2D eigenvalue weighted by Crippen LogP contribution is -2.32. The van der Waals surface area contributed by atoms with E-state index in [4.69, 9.17) is 4.74 Å². The van der Waals surface area contributed by atoms with E-state index in [0.717, 1.165) is 12.8 Å². The molecule has 0 aliphatic heterocycles. The van der Waals surface area contributed by atoms with Crippen LogP contribution in [0.4, 0.5) is 0 Å². The zero-order valence-electron chi connectivity index (χ0n) is 12.7. The summed E-state index contributed by atoms with van der Waals surface area (Å²) >= 11 is 0. The quantitative estimate of drug-likeness (QED) is 0.625. The van der Waals surface area contributed by atoms with Crippen LogP contribution in [0.1, 0.15) is 54.4 Å². The fourth-order valence-electron chi connectivity index (χ4n) is 2.30. The van der Waals surface area contributed by atoms with Crippen LogP contribution in [0.2, 0.25) is 0 Å². The van der Waals surface area contributed by atoms with Gasteiger partial charge in [-0.3, -0.25) is 9.59 Å². The van der Waals surface area contributed by atoms with E-state index in [0.29, 0.717) is 18.4 Å². The van der Waals surface area contributed by atoms with Crippen LogP contribution in [0.5, 0.6) is 0 Å². The van der Waals surface area contributed by atoms with E-state index in [2.05, 4.69) is 27.7 Å². The Morgan fingerprint density at radius 3 is 1.72 bits per heavy atom. The molecule has 0 rings (SSSR count). The summed E-state index contributed by atoms with van der Waals surface area (Å²) < 4.78 is 5.13. The van der Waals surface area contributed by atoms with Gasteiger partial charge in [-0.2, -0.15) is 0 Å². The number of ketones is 1. The summed E-state index contributed by atoms with van der Waals surface area (Å²) in [6.07, 6.45) is 1.47. The monoisotopic (exact) mass is 256 g/mol. The van der Waals surface area contributed by atoms with E-state index in [9.17, 15) is 9.59 Å². The SMILES string of the molecule is CCOC(=O)C(CC(C)C)C(CC(C)C)C(C)=O. The Morgan fingerprint density at radius 1 is 0.944 bits per heavy atom. The third-order valence-electron chi connectivity index (χ3n) is 3.05. The Labute approximate surface area is 111 Å². The summed E-state index contributed by atoms with van der Waals surface area (Å²) in [5, 5.41) is 0. The summed E-state index contributed by atoms with van der Waals surface area (Å²) in [7, 11) is 0. The standard InChI is InChI=1S/C15H28O3/c1-7-18-15(17)14(9-11(4)5)13(12(6)16)8-10(2)3/h10-11,13-14H,7-9H2,1-6H3. The van der Waals surface area contributed by atoms with Gasteiger partial charge in [-0.05, 0) is 38.5 Å². The highest BCUT2D eigenvalue weighted by atomic mass is 16.5. The van der Waals surface area contributed by atoms with Gasteiger partial charge in [0.05, 0.1) is 12.5 Å². The lowest BCUT2D eigenvalue weighted by molar-refractivity contribution is -0.153. The number of carbonyl (C=O) groups is 2. The maximum Gasteiger partial charge on any atom is 0.309 e. The first-order valence-corrected chi connectivity index (χ1v) is 6.96. The molecule has 2 atom stereocenters. The molecule has 0 aromatic heterocycles. The van der Waals surface area contributed by atoms with Gasteiger partial charge in [0, 0.05) is 5.92 Å². The smallest absolute Gasteiger partial charge is 0.309 e. The Morgan fingerprint density at radius 2 is 1.39 bits per heavy atom. The van der Waals surface area contributed by atoms with Crippen molar-refractivity contribution in [3.05, 3.63) is 0 Å². The molecule has 0 fully saturated rings. The fourth-order valence-corrected chi connectivity index (χ4v) is 2.30. The topological polar surface area (TPSA) is 43.4 Å². The van der Waals surface area contributed by atoms with Gasteiger partial charge in [0.2, 0.25) is 0 Å². The molecular formula is C15H28O3. The molecule has 0 aliphatic carbocycles. The van der Waals surface area contributed by atoms with Crippen molar-refractivity contribution >= 4 is 11.8 Å². The molecule has 3 heteroatoms. The average molecular weight is 256 g/mol. The molecule has 0 aromatic carbocycles. The molecule has 0 saturated carbocycles. The van der Waals surface area contributed by atoms with Crippen LogP contribution in [0.15, 0.2) is 0 Å². The van der Waals surface area contributed by atoms with Crippen molar-refractivity contribution in [2.75, 3.05) is 6.61 Å². The normalized spacial score (nSPS) is 14.7. The van der Waals surface area contributed by atoms with Crippen molar-refractivity contribution in [2.45, 2.75) is 54.4 Å². The first kappa shape index (κ1) is 17.1. The molecule has 0 aromatic rings. The van der Waals surface area contributed by atoms with Crippen LogP contribution in [-0.4, -0.2) is 18.4 Å². The predicted molar refractivity (Wildman–Crippen MR) is 73.2 cm³/mol. The number of esters is 1. The second kappa shape index (κ2) is 8.28. The van der Waals surface area contributed by atoms with E-state index in [1.165, 1.54) is 0 Å². The second-order valence-electron chi connectivity index (χ2n) is 5.83. The van der Waals surface area contributed by atoms with Crippen molar-refractivity contribution in [3.8, 4) is 0 Å². The number of carbonyl (C=O) groups excluding carboxylic acids is 2. The molecule has 0 aliphatic rings. The highest BCUT2D eigenvalue weighted by Gasteiger charge is 2.33. The summed E-state index contributed by atoms with van der Waals surface area (Å²) in [6.45, 7) is 12.0. The minimum Gasteiger partial charge on any atom is -0.466 e. The molecule has 18 heavy (non-hydrogen) atoms. The van der Waals surface area contributed by atoms with E-state index in [-0.39, 0.29) is 23.6 Å². The lowest BCUT2D eigenvalue weighted by Gasteiger charge is -2.26. The maximum absolute atomic E-state index is 12.0. The summed E-state index contributed by atoms with van der Waals surface area (Å²) in [6, 6.07) is 0. The molecule has 0 heterocycles. The van der Waals surface area contributed by atoms with Crippen LogP contribution in [0.3, 0.4) is 0 Å². The molecule has 2 unspecified atom stereocenters. The molecular weight excluding hydrogens is 228 g/mol. The van der Waals surface area contributed by atoms with Crippen LogP contribution >= 0.6 is 0 Å². The average Bonchev–Trinajstić information content (AvgIpc) is 2.22. The maximum atomic E-state index is 12.0. The molecule has 3 nitrogen and oxygen atoms in total. The van der Waals surface area contributed by atoms with Crippen molar-refractivity contribution in [1.29, 1.82) is 0 Å². The summed E-state index contributed by atoms with van der Waals surface area (Å²) in [5.74, 6) is 0.183. The van der Waals surface area contributed by atoms with Gasteiger partial charge in [0.1, 0.15) is 5.78 Å². The Kier molecular flexibility index (Phi) is 7.88. The third-order valence-corrected chi connectivity index (χ3v) is 3.05. The van der Waals surface area contributed by atoms with E-state index in [1.54, 1.807) is 13.8 Å². The lowest BCUT2D eigenvalue weighted by atomic mass is 9.79. The minimum absolute atomic E-state index is 0.0994. The van der Waals surface area contributed by atoms with Gasteiger partial charge >= 0.3 is 5.97 Å². The number of Topliss-reactive ketones (excluding diaryl/α,β-unsaturated/α-hetero) is 1. The predicted octanol–water partition coefficient (Wildman–Crippen LogP) is 3.46. The van der Waals surface area contributed by atoms with Gasteiger partial charge in [0.15, 0.2) is 0 Å². The zero-order valence-corrected chi connectivity index (χ0v) is 12.7.